The van der Waals surface area contributed by atoms with Crippen molar-refractivity contribution in [3.8, 4) is 31.7 Å². The standard InChI is InChI=1S/C49H54N12O3S2/c1-4-17-52-49-54-33(3)45(66-49)42-16-19-51-48(58-42)56-40-14-13-38(60-22-27-63-28-23-60)30-39(40)43-31-61(24-29-64-43)37-9-5-34(6-10-37)46-53-32(2)44(65-46)41-15-18-50-47(57-41)55-35-7-11-36(12-8-35)59-20-25-62-26-21-59/h5-16,18-19,30,43H,4,17,20-29,31H2,1-3H3,(H,52,54)(H,50,55,57)(H,51,56,58)/t43-/m0/s1. The number of aromatic nitrogens is 6. The van der Waals surface area contributed by atoms with Crippen LogP contribution in [0.25, 0.3) is 31.7 Å². The van der Waals surface area contributed by atoms with Gasteiger partial charge >= 0.3 is 0 Å². The lowest BCUT2D eigenvalue weighted by atomic mass is 10.0. The highest BCUT2D eigenvalue weighted by Crippen LogP contribution is 2.39. The number of thiazole rings is 2. The molecule has 4 aromatic heterocycles. The van der Waals surface area contributed by atoms with Gasteiger partial charge in [0, 0.05) is 97.8 Å². The van der Waals surface area contributed by atoms with Crippen molar-refractivity contribution in [2.75, 3.05) is 109 Å². The van der Waals surface area contributed by atoms with Crippen molar-refractivity contribution in [3.05, 3.63) is 108 Å². The molecule has 0 radical (unpaired) electrons. The highest BCUT2D eigenvalue weighted by atomic mass is 32.1. The first kappa shape index (κ1) is 43.6. The number of nitrogens with zero attached hydrogens (tertiary/aromatic N) is 9. The molecule has 3 aromatic carbocycles. The highest BCUT2D eigenvalue weighted by molar-refractivity contribution is 7.19. The molecule has 0 spiro atoms. The average Bonchev–Trinajstić information content (AvgIpc) is 3.96. The largest absolute Gasteiger partial charge is 0.378 e. The Morgan fingerprint density at radius 3 is 1.91 bits per heavy atom. The Labute approximate surface area is 393 Å². The Balaban J connectivity index is 0.845. The fourth-order valence-corrected chi connectivity index (χ4v) is 10.5. The van der Waals surface area contributed by atoms with Gasteiger partial charge in [-0.15, -0.1) is 11.3 Å². The summed E-state index contributed by atoms with van der Waals surface area (Å²) in [6.45, 7) is 15.6. The lowest BCUT2D eigenvalue weighted by molar-refractivity contribution is 0.0402. The number of ether oxygens (including phenoxy) is 3. The third kappa shape index (κ3) is 9.95. The first-order chi connectivity index (χ1) is 32.4. The number of anilines is 8. The molecule has 0 saturated carbocycles. The van der Waals surface area contributed by atoms with Crippen LogP contribution in [0.1, 0.15) is 36.4 Å². The summed E-state index contributed by atoms with van der Waals surface area (Å²) in [6.07, 6.45) is 4.43. The monoisotopic (exact) mass is 922 g/mol. The molecule has 0 bridgehead atoms. The van der Waals surface area contributed by atoms with Gasteiger partial charge in [0.1, 0.15) is 11.1 Å². The second-order valence-corrected chi connectivity index (χ2v) is 18.4. The molecule has 1 atom stereocenters. The third-order valence-corrected chi connectivity index (χ3v) is 14.3. The summed E-state index contributed by atoms with van der Waals surface area (Å²) in [6, 6.07) is 27.6. The minimum atomic E-state index is -0.202. The van der Waals surface area contributed by atoms with Crippen LogP contribution in [0.4, 0.5) is 45.5 Å². The van der Waals surface area contributed by atoms with E-state index in [2.05, 4.69) is 114 Å². The van der Waals surface area contributed by atoms with E-state index in [1.165, 1.54) is 5.69 Å². The summed E-state index contributed by atoms with van der Waals surface area (Å²) in [4.78, 5) is 37.9. The summed E-state index contributed by atoms with van der Waals surface area (Å²) in [5.74, 6) is 1.07. The van der Waals surface area contributed by atoms with E-state index in [1.807, 2.05) is 26.0 Å². The van der Waals surface area contributed by atoms with Gasteiger partial charge in [-0.25, -0.2) is 29.9 Å². The number of hydrogen-bond acceptors (Lipinski definition) is 17. The zero-order valence-electron chi connectivity index (χ0n) is 37.5. The van der Waals surface area contributed by atoms with Crippen molar-refractivity contribution in [1.82, 2.24) is 29.9 Å². The number of nitrogens with one attached hydrogen (secondary N) is 3. The fraction of sp³-hybridized carbons (Fsp3) is 0.347. The molecule has 3 saturated heterocycles. The van der Waals surface area contributed by atoms with Gasteiger partial charge in [-0.1, -0.05) is 18.3 Å². The van der Waals surface area contributed by atoms with Crippen LogP contribution < -0.4 is 30.7 Å². The predicted molar refractivity (Wildman–Crippen MR) is 266 cm³/mol. The van der Waals surface area contributed by atoms with Gasteiger partial charge in [-0.3, -0.25) is 0 Å². The van der Waals surface area contributed by atoms with E-state index in [4.69, 9.17) is 34.1 Å². The van der Waals surface area contributed by atoms with Crippen molar-refractivity contribution in [1.29, 1.82) is 0 Å². The molecule has 340 valence electrons. The van der Waals surface area contributed by atoms with Gasteiger partial charge in [0.15, 0.2) is 5.13 Å². The molecular weight excluding hydrogens is 869 g/mol. The molecule has 3 aliphatic heterocycles. The fourth-order valence-electron chi connectivity index (χ4n) is 8.45. The normalized spacial score (nSPS) is 16.7. The maximum absolute atomic E-state index is 6.59. The Kier molecular flexibility index (Phi) is 13.3. The Bertz CT molecular complexity index is 2740. The lowest BCUT2D eigenvalue weighted by Gasteiger charge is -2.36. The summed E-state index contributed by atoms with van der Waals surface area (Å²) >= 11 is 3.26. The van der Waals surface area contributed by atoms with Crippen molar-refractivity contribution in [2.24, 2.45) is 0 Å². The number of aryl methyl sites for hydroxylation is 2. The number of morpholine rings is 3. The molecule has 3 aliphatic rings. The van der Waals surface area contributed by atoms with Gasteiger partial charge in [0.25, 0.3) is 0 Å². The van der Waals surface area contributed by atoms with Gasteiger partial charge in [-0.2, -0.15) is 0 Å². The van der Waals surface area contributed by atoms with Crippen molar-refractivity contribution in [3.63, 3.8) is 0 Å². The number of hydrogen-bond donors (Lipinski definition) is 3. The molecule has 15 nitrogen and oxygen atoms in total. The summed E-state index contributed by atoms with van der Waals surface area (Å²) in [5, 5.41) is 12.2. The second kappa shape index (κ2) is 20.1. The zero-order chi connectivity index (χ0) is 44.8. The van der Waals surface area contributed by atoms with Crippen LogP contribution in [-0.2, 0) is 14.2 Å². The minimum absolute atomic E-state index is 0.202. The molecule has 0 unspecified atom stereocenters. The summed E-state index contributed by atoms with van der Waals surface area (Å²) in [5.41, 5.74) is 11.0. The van der Waals surface area contributed by atoms with E-state index in [9.17, 15) is 0 Å². The van der Waals surface area contributed by atoms with Crippen molar-refractivity contribution in [2.45, 2.75) is 33.3 Å². The van der Waals surface area contributed by atoms with Gasteiger partial charge in [0.05, 0.1) is 65.6 Å². The zero-order valence-corrected chi connectivity index (χ0v) is 39.1. The van der Waals surface area contributed by atoms with E-state index in [1.54, 1.807) is 35.1 Å². The van der Waals surface area contributed by atoms with Crippen LogP contribution in [0.15, 0.2) is 91.3 Å². The molecule has 7 aromatic rings. The van der Waals surface area contributed by atoms with Gasteiger partial charge < -0.3 is 44.9 Å². The van der Waals surface area contributed by atoms with E-state index >= 15 is 0 Å². The van der Waals surface area contributed by atoms with E-state index in [-0.39, 0.29) is 6.10 Å². The molecule has 0 amide bonds. The van der Waals surface area contributed by atoms with Crippen LogP contribution in [0.2, 0.25) is 0 Å². The van der Waals surface area contributed by atoms with Crippen LogP contribution in [-0.4, -0.2) is 109 Å². The first-order valence-electron chi connectivity index (χ1n) is 22.7. The van der Waals surface area contributed by atoms with Crippen LogP contribution in [0, 0.1) is 13.8 Å². The lowest BCUT2D eigenvalue weighted by Crippen LogP contribution is -2.39. The van der Waals surface area contributed by atoms with Crippen LogP contribution in [0.5, 0.6) is 0 Å². The molecule has 10 rings (SSSR count). The Morgan fingerprint density at radius 2 is 1.21 bits per heavy atom. The molecule has 7 heterocycles. The molecule has 66 heavy (non-hydrogen) atoms. The van der Waals surface area contributed by atoms with Crippen LogP contribution >= 0.6 is 22.7 Å². The molecule has 0 aliphatic carbocycles. The van der Waals surface area contributed by atoms with Crippen LogP contribution in [0.3, 0.4) is 0 Å². The topological polar surface area (TPSA) is 151 Å². The van der Waals surface area contributed by atoms with Crippen molar-refractivity contribution >= 4 is 68.1 Å². The molecule has 3 N–H and O–H groups in total. The maximum atomic E-state index is 6.59. The molecule has 17 heteroatoms. The molecule has 3 fully saturated rings. The number of rotatable bonds is 14. The average molecular weight is 923 g/mol. The minimum Gasteiger partial charge on any atom is -0.378 e. The third-order valence-electron chi connectivity index (χ3n) is 11.9. The highest BCUT2D eigenvalue weighted by Gasteiger charge is 2.27. The Hall–Kier alpha value is -6.24. The van der Waals surface area contributed by atoms with E-state index in [0.29, 0.717) is 38.3 Å². The smallest absolute Gasteiger partial charge is 0.227 e. The first-order valence-corrected chi connectivity index (χ1v) is 24.3. The van der Waals surface area contributed by atoms with Crippen molar-refractivity contribution < 1.29 is 14.2 Å². The Morgan fingerprint density at radius 1 is 0.621 bits per heavy atom. The number of benzene rings is 3. The molecular formula is C49H54N12O3S2. The SMILES string of the molecule is CCCNc1nc(C)c(-c2ccnc(Nc3ccc(N4CCOCC4)cc3[C@@H]3CN(c4ccc(-c5nc(C)c(-c6ccnc(Nc7ccc(N8CCOCC8)cc7)n6)s5)cc4)CCO3)n2)s1. The second-order valence-electron chi connectivity index (χ2n) is 16.4. The maximum Gasteiger partial charge on any atom is 0.227 e. The quantitative estimate of drug-likeness (QED) is 0.0950. The summed E-state index contributed by atoms with van der Waals surface area (Å²) in [7, 11) is 0. The van der Waals surface area contributed by atoms with E-state index < -0.39 is 0 Å². The van der Waals surface area contributed by atoms with Gasteiger partial charge in [0.2, 0.25) is 11.9 Å². The van der Waals surface area contributed by atoms with E-state index in [0.717, 1.165) is 135 Å². The predicted octanol–water partition coefficient (Wildman–Crippen LogP) is 9.36. The van der Waals surface area contributed by atoms with Gasteiger partial charge in [-0.05, 0) is 99.1 Å². The summed E-state index contributed by atoms with van der Waals surface area (Å²) < 4.78 is 17.8.